The summed E-state index contributed by atoms with van der Waals surface area (Å²) in [6.45, 7) is 3.19. The second-order valence-corrected chi connectivity index (χ2v) is 9.48. The highest BCUT2D eigenvalue weighted by molar-refractivity contribution is 5.76. The molecule has 7 heteroatoms. The molecular weight excluding hydrogens is 364 g/mol. The van der Waals surface area contributed by atoms with Crippen LogP contribution in [0, 0.1) is 30.1 Å². The van der Waals surface area contributed by atoms with Crippen LogP contribution in [0.5, 0.6) is 0 Å². The number of nitrogens with one attached hydrogen (secondary N) is 2. The third kappa shape index (κ3) is 3.87. The minimum atomic E-state index is 0.214. The van der Waals surface area contributed by atoms with E-state index in [2.05, 4.69) is 25.6 Å². The Hall–Kier alpha value is -2.44. The van der Waals surface area contributed by atoms with Gasteiger partial charge in [-0.1, -0.05) is 0 Å². The number of hydrogen-bond acceptors (Lipinski definition) is 5. The molecular formula is C22H30N6O. The van der Waals surface area contributed by atoms with Crippen LogP contribution >= 0.6 is 0 Å². The van der Waals surface area contributed by atoms with Crippen LogP contribution < -0.4 is 10.6 Å². The van der Waals surface area contributed by atoms with E-state index < -0.39 is 0 Å². The van der Waals surface area contributed by atoms with E-state index >= 15 is 0 Å². The zero-order valence-corrected chi connectivity index (χ0v) is 17.1. The molecule has 1 amide bonds. The van der Waals surface area contributed by atoms with Crippen LogP contribution in [0.2, 0.25) is 0 Å². The van der Waals surface area contributed by atoms with Crippen molar-refractivity contribution in [2.75, 3.05) is 18.4 Å². The number of aromatic nitrogens is 4. The summed E-state index contributed by atoms with van der Waals surface area (Å²) >= 11 is 0. The Labute approximate surface area is 171 Å². The van der Waals surface area contributed by atoms with Crippen molar-refractivity contribution in [1.29, 1.82) is 0 Å². The summed E-state index contributed by atoms with van der Waals surface area (Å²) < 4.78 is 1.92. The molecule has 4 fully saturated rings. The van der Waals surface area contributed by atoms with Crippen LogP contribution in [0.3, 0.4) is 0 Å². The molecule has 4 aliphatic carbocycles. The van der Waals surface area contributed by atoms with Crippen LogP contribution in [0.25, 0.3) is 5.82 Å². The van der Waals surface area contributed by atoms with Gasteiger partial charge in [0.1, 0.15) is 23.8 Å². The van der Waals surface area contributed by atoms with Crippen LogP contribution in [0.4, 0.5) is 5.82 Å². The molecule has 2 aromatic rings. The van der Waals surface area contributed by atoms with Crippen molar-refractivity contribution in [3.05, 3.63) is 30.6 Å². The topological polar surface area (TPSA) is 84.7 Å². The van der Waals surface area contributed by atoms with Gasteiger partial charge in [0, 0.05) is 38.0 Å². The third-order valence-electron chi connectivity index (χ3n) is 7.18. The molecule has 29 heavy (non-hydrogen) atoms. The molecule has 2 heterocycles. The molecule has 154 valence electrons. The van der Waals surface area contributed by atoms with Gasteiger partial charge in [0.25, 0.3) is 0 Å². The van der Waals surface area contributed by atoms with Gasteiger partial charge in [-0.15, -0.1) is 0 Å². The first-order valence-corrected chi connectivity index (χ1v) is 10.9. The summed E-state index contributed by atoms with van der Waals surface area (Å²) in [5.74, 6) is 5.30. The van der Waals surface area contributed by atoms with Crippen molar-refractivity contribution >= 4 is 11.7 Å². The highest BCUT2D eigenvalue weighted by Crippen LogP contribution is 2.61. The fourth-order valence-electron chi connectivity index (χ4n) is 6.50. The Bertz CT molecular complexity index is 856. The maximum Gasteiger partial charge on any atom is 0.220 e. The van der Waals surface area contributed by atoms with Gasteiger partial charge in [-0.25, -0.2) is 15.0 Å². The van der Waals surface area contributed by atoms with E-state index in [9.17, 15) is 4.79 Å². The highest BCUT2D eigenvalue weighted by Gasteiger charge is 2.51. The number of anilines is 1. The molecule has 4 saturated carbocycles. The van der Waals surface area contributed by atoms with Crippen molar-refractivity contribution in [3.8, 4) is 5.82 Å². The molecule has 7 nitrogen and oxygen atoms in total. The van der Waals surface area contributed by atoms with Gasteiger partial charge in [-0.3, -0.25) is 9.36 Å². The molecule has 2 aromatic heterocycles. The molecule has 0 aromatic carbocycles. The minimum absolute atomic E-state index is 0.214. The van der Waals surface area contributed by atoms with Crippen LogP contribution in [0.15, 0.2) is 24.8 Å². The third-order valence-corrected chi connectivity index (χ3v) is 7.18. The van der Waals surface area contributed by atoms with Crippen LogP contribution in [0.1, 0.15) is 50.8 Å². The Morgan fingerprint density at radius 1 is 1.10 bits per heavy atom. The van der Waals surface area contributed by atoms with Crippen LogP contribution in [-0.2, 0) is 4.79 Å². The number of carbonyl (C=O) groups is 1. The van der Waals surface area contributed by atoms with E-state index in [1.54, 1.807) is 12.5 Å². The van der Waals surface area contributed by atoms with E-state index in [0.29, 0.717) is 24.9 Å². The fraction of sp³-hybridized carbons (Fsp3) is 0.636. The molecule has 4 bridgehead atoms. The average Bonchev–Trinajstić information content (AvgIpc) is 3.10. The molecule has 0 unspecified atom stereocenters. The van der Waals surface area contributed by atoms with E-state index in [4.69, 9.17) is 0 Å². The summed E-state index contributed by atoms with van der Waals surface area (Å²) in [5, 5.41) is 6.40. The Morgan fingerprint density at radius 2 is 1.83 bits per heavy atom. The van der Waals surface area contributed by atoms with Crippen molar-refractivity contribution < 1.29 is 4.79 Å². The second kappa shape index (κ2) is 7.43. The van der Waals surface area contributed by atoms with Gasteiger partial charge < -0.3 is 10.6 Å². The molecule has 0 atom stereocenters. The van der Waals surface area contributed by atoms with Gasteiger partial charge in [-0.05, 0) is 68.6 Å². The molecule has 2 N–H and O–H groups in total. The van der Waals surface area contributed by atoms with Crippen LogP contribution in [-0.4, -0.2) is 38.5 Å². The largest absolute Gasteiger partial charge is 0.368 e. The SMILES string of the molecule is Cc1nccn1-c1cc(NCCNC(=O)CC23CC4CC(CC(C4)C2)C3)ncn1. The van der Waals surface area contributed by atoms with E-state index in [-0.39, 0.29) is 5.91 Å². The summed E-state index contributed by atoms with van der Waals surface area (Å²) in [6.07, 6.45) is 14.0. The fourth-order valence-corrected chi connectivity index (χ4v) is 6.50. The lowest BCUT2D eigenvalue weighted by Crippen LogP contribution is -2.48. The molecule has 0 radical (unpaired) electrons. The van der Waals surface area contributed by atoms with Gasteiger partial charge in [0.2, 0.25) is 5.91 Å². The maximum atomic E-state index is 12.6. The lowest BCUT2D eigenvalue weighted by molar-refractivity contribution is -0.129. The van der Waals surface area contributed by atoms with Crippen molar-refractivity contribution in [2.24, 2.45) is 23.2 Å². The monoisotopic (exact) mass is 394 g/mol. The Kier molecular flexibility index (Phi) is 4.76. The maximum absolute atomic E-state index is 12.6. The van der Waals surface area contributed by atoms with Crippen molar-refractivity contribution in [1.82, 2.24) is 24.8 Å². The molecule has 0 saturated heterocycles. The number of amides is 1. The van der Waals surface area contributed by atoms with Gasteiger partial charge in [0.15, 0.2) is 0 Å². The highest BCUT2D eigenvalue weighted by atomic mass is 16.1. The number of imidazole rings is 1. The quantitative estimate of drug-likeness (QED) is 0.705. The average molecular weight is 395 g/mol. The molecule has 0 aliphatic heterocycles. The number of hydrogen-bond donors (Lipinski definition) is 2. The zero-order valence-electron chi connectivity index (χ0n) is 17.1. The Balaban J connectivity index is 1.10. The predicted octanol–water partition coefficient (Wildman–Crippen LogP) is 3.11. The van der Waals surface area contributed by atoms with Crippen molar-refractivity contribution in [3.63, 3.8) is 0 Å². The minimum Gasteiger partial charge on any atom is -0.368 e. The van der Waals surface area contributed by atoms with Crippen molar-refractivity contribution in [2.45, 2.75) is 51.9 Å². The lowest BCUT2D eigenvalue weighted by Gasteiger charge is -2.56. The number of nitrogens with zero attached hydrogens (tertiary/aromatic N) is 4. The molecule has 4 aliphatic rings. The molecule has 0 spiro atoms. The van der Waals surface area contributed by atoms with E-state index in [1.807, 2.05) is 23.8 Å². The smallest absolute Gasteiger partial charge is 0.220 e. The lowest BCUT2D eigenvalue weighted by atomic mass is 9.49. The summed E-state index contributed by atoms with van der Waals surface area (Å²) in [5.41, 5.74) is 0.302. The van der Waals surface area contributed by atoms with Gasteiger partial charge in [-0.2, -0.15) is 0 Å². The predicted molar refractivity (Wildman–Crippen MR) is 111 cm³/mol. The summed E-state index contributed by atoms with van der Waals surface area (Å²) in [6, 6.07) is 1.89. The second-order valence-electron chi connectivity index (χ2n) is 9.48. The number of rotatable bonds is 7. The first kappa shape index (κ1) is 18.6. The molecule has 6 rings (SSSR count). The van der Waals surface area contributed by atoms with Gasteiger partial charge in [0.05, 0.1) is 0 Å². The first-order chi connectivity index (χ1) is 14.1. The van der Waals surface area contributed by atoms with Gasteiger partial charge >= 0.3 is 0 Å². The number of carbonyl (C=O) groups excluding carboxylic acids is 1. The zero-order chi connectivity index (χ0) is 19.8. The summed E-state index contributed by atoms with van der Waals surface area (Å²) in [4.78, 5) is 25.4. The standard InChI is InChI=1S/C22H30N6O/c1-15-23-4-5-28(15)20-9-19(26-14-27-20)24-2-3-25-21(29)13-22-10-16-6-17(11-22)8-18(7-16)12-22/h4-5,9,14,16-18H,2-3,6-8,10-13H2,1H3,(H,25,29)(H,24,26,27). The first-order valence-electron chi connectivity index (χ1n) is 10.9. The number of aryl methyl sites for hydroxylation is 1. The Morgan fingerprint density at radius 3 is 2.48 bits per heavy atom. The normalized spacial score (nSPS) is 29.8. The van der Waals surface area contributed by atoms with E-state index in [1.165, 1.54) is 38.5 Å². The summed E-state index contributed by atoms with van der Waals surface area (Å²) in [7, 11) is 0. The van der Waals surface area contributed by atoms with E-state index in [0.717, 1.165) is 35.2 Å².